The van der Waals surface area contributed by atoms with Crippen molar-refractivity contribution in [3.8, 4) is 0 Å². The highest BCUT2D eigenvalue weighted by atomic mass is 16.5. The Labute approximate surface area is 127 Å². The minimum absolute atomic E-state index is 0.102. The Morgan fingerprint density at radius 3 is 2.57 bits per heavy atom. The van der Waals surface area contributed by atoms with Gasteiger partial charge in [-0.1, -0.05) is 13.8 Å². The van der Waals surface area contributed by atoms with Gasteiger partial charge in [0.15, 0.2) is 0 Å². The zero-order chi connectivity index (χ0) is 15.2. The van der Waals surface area contributed by atoms with Crippen molar-refractivity contribution in [3.05, 3.63) is 24.3 Å². The van der Waals surface area contributed by atoms with E-state index in [1.807, 2.05) is 12.1 Å². The van der Waals surface area contributed by atoms with Crippen LogP contribution in [0.2, 0.25) is 0 Å². The van der Waals surface area contributed by atoms with Crippen LogP contribution in [0.4, 0.5) is 11.4 Å². The highest BCUT2D eigenvalue weighted by Gasteiger charge is 2.17. The van der Waals surface area contributed by atoms with Crippen LogP contribution in [0.3, 0.4) is 0 Å². The van der Waals surface area contributed by atoms with Crippen LogP contribution < -0.4 is 10.2 Å². The number of nitrogens with zero attached hydrogens (tertiary/aromatic N) is 1. The van der Waals surface area contributed by atoms with Crippen LogP contribution in [0, 0.1) is 5.92 Å². The van der Waals surface area contributed by atoms with Gasteiger partial charge in [0.25, 0.3) is 0 Å². The number of ether oxygens (including phenoxy) is 1. The average molecular weight is 290 g/mol. The summed E-state index contributed by atoms with van der Waals surface area (Å²) in [6.07, 6.45) is 2.03. The van der Waals surface area contributed by atoms with Gasteiger partial charge < -0.3 is 15.0 Å². The lowest BCUT2D eigenvalue weighted by molar-refractivity contribution is -0.120. The van der Waals surface area contributed by atoms with Crippen molar-refractivity contribution in [2.24, 2.45) is 5.92 Å². The smallest absolute Gasteiger partial charge is 0.227 e. The molecule has 1 aliphatic heterocycles. The Balaban J connectivity index is 1.97. The third kappa shape index (κ3) is 4.21. The maximum absolute atomic E-state index is 12.1. The van der Waals surface area contributed by atoms with Gasteiger partial charge in [0.2, 0.25) is 5.91 Å². The molecule has 0 radical (unpaired) electrons. The molecule has 1 saturated heterocycles. The number of anilines is 2. The Hall–Kier alpha value is -1.55. The summed E-state index contributed by atoms with van der Waals surface area (Å²) >= 11 is 0. The minimum Gasteiger partial charge on any atom is -0.375 e. The van der Waals surface area contributed by atoms with E-state index in [4.69, 9.17) is 4.74 Å². The van der Waals surface area contributed by atoms with Gasteiger partial charge >= 0.3 is 0 Å². The molecule has 0 saturated carbocycles. The van der Waals surface area contributed by atoms with Gasteiger partial charge in [-0.3, -0.25) is 4.79 Å². The van der Waals surface area contributed by atoms with Crippen LogP contribution in [0.15, 0.2) is 24.3 Å². The normalized spacial score (nSPS) is 18.9. The topological polar surface area (TPSA) is 41.6 Å². The van der Waals surface area contributed by atoms with E-state index in [1.54, 1.807) is 0 Å². The fourth-order valence-electron chi connectivity index (χ4n) is 2.71. The first-order valence-corrected chi connectivity index (χ1v) is 7.91. The molecule has 1 unspecified atom stereocenters. The van der Waals surface area contributed by atoms with Gasteiger partial charge in [-0.25, -0.2) is 0 Å². The summed E-state index contributed by atoms with van der Waals surface area (Å²) in [6, 6.07) is 8.10. The maximum atomic E-state index is 12.1. The highest BCUT2D eigenvalue weighted by Crippen LogP contribution is 2.21. The molecule has 1 aliphatic rings. The number of carbonyl (C=O) groups excluding carboxylic acids is 1. The van der Waals surface area contributed by atoms with E-state index >= 15 is 0 Å². The molecular weight excluding hydrogens is 264 g/mol. The van der Waals surface area contributed by atoms with Gasteiger partial charge in [0.1, 0.15) is 0 Å². The van der Waals surface area contributed by atoms with Crippen molar-refractivity contribution in [1.29, 1.82) is 0 Å². The molecular formula is C17H26N2O2. The van der Waals surface area contributed by atoms with E-state index in [1.165, 1.54) is 5.69 Å². The molecule has 116 valence electrons. The molecule has 21 heavy (non-hydrogen) atoms. The van der Waals surface area contributed by atoms with Crippen molar-refractivity contribution < 1.29 is 9.53 Å². The number of nitrogens with one attached hydrogen (secondary N) is 1. The number of carbonyl (C=O) groups is 1. The Morgan fingerprint density at radius 2 is 2.00 bits per heavy atom. The number of amides is 1. The molecule has 1 atom stereocenters. The quantitative estimate of drug-likeness (QED) is 0.904. The van der Waals surface area contributed by atoms with E-state index in [2.05, 4.69) is 43.1 Å². The van der Waals surface area contributed by atoms with Gasteiger partial charge in [-0.15, -0.1) is 0 Å². The number of hydrogen-bond acceptors (Lipinski definition) is 3. The number of rotatable bonds is 5. The second-order valence-corrected chi connectivity index (χ2v) is 5.68. The van der Waals surface area contributed by atoms with Crippen LogP contribution in [0.5, 0.6) is 0 Å². The zero-order valence-corrected chi connectivity index (χ0v) is 13.3. The molecule has 4 heteroatoms. The van der Waals surface area contributed by atoms with Crippen molar-refractivity contribution in [3.63, 3.8) is 0 Å². The Bertz CT molecular complexity index is 454. The molecule has 0 aromatic heterocycles. The van der Waals surface area contributed by atoms with Crippen molar-refractivity contribution in [2.45, 2.75) is 39.7 Å². The van der Waals surface area contributed by atoms with Crippen molar-refractivity contribution in [2.75, 3.05) is 29.9 Å². The summed E-state index contributed by atoms with van der Waals surface area (Å²) < 4.78 is 5.56. The molecule has 1 aromatic carbocycles. The second kappa shape index (κ2) is 7.46. The number of benzene rings is 1. The molecule has 4 nitrogen and oxygen atoms in total. The largest absolute Gasteiger partial charge is 0.375 e. The van der Waals surface area contributed by atoms with E-state index in [-0.39, 0.29) is 17.9 Å². The molecule has 1 amide bonds. The maximum Gasteiger partial charge on any atom is 0.227 e. The van der Waals surface area contributed by atoms with Gasteiger partial charge in [-0.2, -0.15) is 0 Å². The zero-order valence-electron chi connectivity index (χ0n) is 13.3. The average Bonchev–Trinajstić information content (AvgIpc) is 2.49. The highest BCUT2D eigenvalue weighted by molar-refractivity contribution is 5.92. The molecule has 1 N–H and O–H groups in total. The fourth-order valence-corrected chi connectivity index (χ4v) is 2.71. The molecule has 0 aliphatic carbocycles. The van der Waals surface area contributed by atoms with E-state index in [9.17, 15) is 4.79 Å². The summed E-state index contributed by atoms with van der Waals surface area (Å²) in [5.74, 6) is 0.220. The summed E-state index contributed by atoms with van der Waals surface area (Å²) in [6.45, 7) is 8.81. The minimum atomic E-state index is 0.102. The van der Waals surface area contributed by atoms with Gasteiger partial charge in [-0.05, 0) is 44.0 Å². The lowest BCUT2D eigenvalue weighted by Gasteiger charge is -2.33. The molecule has 2 rings (SSSR count). The van der Waals surface area contributed by atoms with E-state index in [0.29, 0.717) is 0 Å². The standard InChI is InChI=1S/C17H26N2O2/c1-4-14(5-2)17(20)18-15-6-8-16(9-7-15)19-10-11-21-13(3)12-19/h6-9,13-14H,4-5,10-12H2,1-3H3,(H,18,20). The van der Waals surface area contributed by atoms with Crippen molar-refractivity contribution in [1.82, 2.24) is 0 Å². The van der Waals surface area contributed by atoms with Crippen molar-refractivity contribution >= 4 is 17.3 Å². The summed E-state index contributed by atoms with van der Waals surface area (Å²) in [5.41, 5.74) is 2.06. The van der Waals surface area contributed by atoms with Gasteiger partial charge in [0.05, 0.1) is 12.7 Å². The van der Waals surface area contributed by atoms with Crippen LogP contribution in [0.25, 0.3) is 0 Å². The molecule has 1 aromatic rings. The first kappa shape index (κ1) is 15.8. The Morgan fingerprint density at radius 1 is 1.33 bits per heavy atom. The molecule has 1 heterocycles. The van der Waals surface area contributed by atoms with Gasteiger partial charge in [0, 0.05) is 30.4 Å². The second-order valence-electron chi connectivity index (χ2n) is 5.68. The fraction of sp³-hybridized carbons (Fsp3) is 0.588. The summed E-state index contributed by atoms with van der Waals surface area (Å²) in [5, 5.41) is 3.00. The summed E-state index contributed by atoms with van der Waals surface area (Å²) in [7, 11) is 0. The molecule has 1 fully saturated rings. The first-order valence-electron chi connectivity index (χ1n) is 7.91. The van der Waals surface area contributed by atoms with Crippen LogP contribution in [0.1, 0.15) is 33.6 Å². The third-order valence-electron chi connectivity index (χ3n) is 4.10. The third-order valence-corrected chi connectivity index (χ3v) is 4.10. The molecule has 0 spiro atoms. The predicted octanol–water partition coefficient (Wildman–Crippen LogP) is 3.29. The monoisotopic (exact) mass is 290 g/mol. The SMILES string of the molecule is CCC(CC)C(=O)Nc1ccc(N2CCOC(C)C2)cc1. The lowest BCUT2D eigenvalue weighted by Crippen LogP contribution is -2.41. The number of morpholine rings is 1. The Kier molecular flexibility index (Phi) is 5.62. The summed E-state index contributed by atoms with van der Waals surface area (Å²) in [4.78, 5) is 14.4. The number of hydrogen-bond donors (Lipinski definition) is 1. The van der Waals surface area contributed by atoms with Crippen LogP contribution >= 0.6 is 0 Å². The van der Waals surface area contributed by atoms with Crippen LogP contribution in [-0.2, 0) is 9.53 Å². The first-order chi connectivity index (χ1) is 10.1. The predicted molar refractivity (Wildman–Crippen MR) is 86.8 cm³/mol. The molecule has 0 bridgehead atoms. The lowest BCUT2D eigenvalue weighted by atomic mass is 10.0. The van der Waals surface area contributed by atoms with E-state index < -0.39 is 0 Å². The van der Waals surface area contributed by atoms with E-state index in [0.717, 1.165) is 38.2 Å². The van der Waals surface area contributed by atoms with Crippen LogP contribution in [-0.4, -0.2) is 31.7 Å².